The zero-order valence-corrected chi connectivity index (χ0v) is 93.1. The van der Waals surface area contributed by atoms with Crippen LogP contribution in [0, 0.1) is 161 Å². The molecule has 9 saturated heterocycles. The molecule has 13 saturated carbocycles. The molecule has 1 spiro atoms. The molecule has 28 rings (SSSR count). The predicted molar refractivity (Wildman–Crippen MR) is 546 cm³/mol. The minimum Gasteiger partial charge on any atom is -0.344 e. The number of piperazine rings is 3. The van der Waals surface area contributed by atoms with Crippen LogP contribution in [0.2, 0.25) is 0 Å². The maximum absolute atomic E-state index is 13.5. The first-order chi connectivity index (χ1) is 69.7. The second kappa shape index (κ2) is 44.5. The number of rotatable bonds is 11. The number of quaternary nitrogens is 1. The molecule has 22 fully saturated rings. The molecule has 149 heavy (non-hydrogen) atoms. The Morgan fingerprint density at radius 2 is 0.738 bits per heavy atom. The molecular formula is C107H141BrCrMgN14O21S4. The van der Waals surface area contributed by atoms with Crippen LogP contribution in [0.1, 0.15) is 162 Å². The Bertz CT molecular complexity index is 6120. The zero-order valence-electron chi connectivity index (χ0n) is 85.6. The van der Waals surface area contributed by atoms with E-state index in [0.29, 0.717) is 75.1 Å². The third-order valence-electron chi connectivity index (χ3n) is 39.2. The third-order valence-corrected chi connectivity index (χ3v) is 41.7. The number of anilines is 3. The Morgan fingerprint density at radius 3 is 1.14 bits per heavy atom. The largest absolute Gasteiger partial charge is 0.344 e. The van der Waals surface area contributed by atoms with E-state index in [1.165, 1.54) is 144 Å². The fourth-order valence-electron chi connectivity index (χ4n) is 32.8. The molecule has 42 heteroatoms. The van der Waals surface area contributed by atoms with E-state index in [1.54, 1.807) is 51.3 Å². The average Bonchev–Trinajstić information content (AvgIpc) is 1.54. The number of amides is 10. The Balaban J connectivity index is 0.000000120. The molecule has 10 bridgehead atoms. The number of carbonyl (C=O) groups is 11. The van der Waals surface area contributed by atoms with Crippen molar-refractivity contribution in [3.63, 3.8) is 0 Å². The smallest absolute Gasteiger partial charge is 0.150 e. The Hall–Kier alpha value is -7.09. The summed E-state index contributed by atoms with van der Waals surface area (Å²) in [5.41, 5.74) is -2.33. The summed E-state index contributed by atoms with van der Waals surface area (Å²) in [5.74, 6) is 5.36. The van der Waals surface area contributed by atoms with Gasteiger partial charge < -0.3 is 68.6 Å². The molecule has 9 aliphatic heterocycles. The van der Waals surface area contributed by atoms with Crippen molar-refractivity contribution in [1.82, 2.24) is 48.7 Å². The Kier molecular flexibility index (Phi) is 33.3. The number of likely N-dealkylation sites (tertiary alicyclic amines) is 2. The van der Waals surface area contributed by atoms with Gasteiger partial charge in [-0.05, 0) is 247 Å². The van der Waals surface area contributed by atoms with Crippen molar-refractivity contribution in [2.45, 2.75) is 185 Å². The van der Waals surface area contributed by atoms with Crippen molar-refractivity contribution in [3.05, 3.63) is 80.2 Å². The number of hydrogen-bond acceptors (Lipinski definition) is 32. The molecule has 804 valence electrons. The summed E-state index contributed by atoms with van der Waals surface area (Å²) in [5, 5.41) is 52.1. The first kappa shape index (κ1) is 112. The van der Waals surface area contributed by atoms with Gasteiger partial charge in [0.2, 0.25) is 59.1 Å². The maximum Gasteiger partial charge on any atom is 0.150 e. The topological polar surface area (TPSA) is 475 Å². The summed E-state index contributed by atoms with van der Waals surface area (Å²) < 4.78 is 72.4. The van der Waals surface area contributed by atoms with Crippen LogP contribution in [-0.2, 0) is 88.2 Å². The molecule has 3 aromatic carbocycles. The first-order valence-electron chi connectivity index (χ1n) is 53.6. The number of aliphatic hydroxyl groups is 4. The van der Waals surface area contributed by atoms with Crippen LogP contribution in [-0.4, -0.2) is 305 Å². The van der Waals surface area contributed by atoms with Gasteiger partial charge in [-0.15, -0.1) is 0 Å². The molecule has 10 amide bonds. The van der Waals surface area contributed by atoms with E-state index in [-0.39, 0.29) is 237 Å². The fourth-order valence-corrected chi connectivity index (χ4v) is 35.2. The van der Waals surface area contributed by atoms with E-state index < -0.39 is 40.9 Å². The number of carbonyl (C=O) groups excluding carboxylic acids is 11. The van der Waals surface area contributed by atoms with Crippen molar-refractivity contribution in [2.75, 3.05) is 139 Å². The second-order valence-corrected chi connectivity index (χ2v) is 52.1. The van der Waals surface area contributed by atoms with Crippen molar-refractivity contribution in [2.24, 2.45) is 154 Å². The first-order valence-corrected chi connectivity index (χ1v) is 59.3. The van der Waals surface area contributed by atoms with Gasteiger partial charge in [0.15, 0.2) is 5.82 Å². The van der Waals surface area contributed by atoms with Crippen LogP contribution in [0.25, 0.3) is 30.3 Å². The minimum absolute atomic E-state index is 0. The summed E-state index contributed by atoms with van der Waals surface area (Å²) in [6.07, 6.45) is 23.0. The SMILES string of the molecule is CS(=O)(=O)[O-].C[C@@]1(O)C[C@H]2C[C@@H]1[C@@H]1C(=O)N(CC3CCCC[C@H]3CN3CCN(c4nsc5ccccc45)CC3)C(=O)[C@H]21.C[C@@]1(O)C[C@H]2C[C@@H]1[C@@H]1C(=O)NC(=O)[C@H]21.C[C@]1(O)C[C@@H]2C[C@H]1[C@H]1C(=O)N(CC3CCCC[C@H]3CN3CCN(c4nsc5ccccc45)CC3)C(=O)[C@@H]21.O=C1NC(=O)[C@@H]2[C@H]1[C@H]1CC(=O)[C@@H]2C1.O=C1NC(=O)[C@H]2[C@H]3C[C@H](C[C@@H]3O)[C@@H]12.[Br-].[CH3-].[Mg+2].[O]=[Cr](=[O])=[O].c1ccc2c(N3CC[N+]4(CC3)CC3CCCC[C@H]3C4)nsc2c1. The normalized spacial score (nSPS) is 38.0. The van der Waals surface area contributed by atoms with Gasteiger partial charge in [0.05, 0.1) is 146 Å². The van der Waals surface area contributed by atoms with Crippen molar-refractivity contribution < 1.29 is 133 Å². The Labute approximate surface area is 912 Å². The number of hydrogen-bond donors (Lipinski definition) is 7. The molecule has 35 nitrogen and oxygen atoms in total. The monoisotopic (exact) mass is 2240 g/mol. The number of benzene rings is 3. The summed E-state index contributed by atoms with van der Waals surface area (Å²) in [7, 11) is -3.92. The third kappa shape index (κ3) is 21.8. The molecule has 30 atom stereocenters. The summed E-state index contributed by atoms with van der Waals surface area (Å²) in [6.45, 7) is 24.8. The maximum atomic E-state index is 13.5. The molecule has 22 aliphatic rings. The predicted octanol–water partition coefficient (Wildman–Crippen LogP) is 5.29. The molecule has 0 radical (unpaired) electrons. The number of fused-ring (bicyclic) bond motifs is 29. The van der Waals surface area contributed by atoms with Crippen LogP contribution in [0.4, 0.5) is 17.5 Å². The molecule has 6 aromatic rings. The van der Waals surface area contributed by atoms with Gasteiger partial charge in [-0.2, -0.15) is 13.1 Å². The minimum atomic E-state index is -3.92. The van der Waals surface area contributed by atoms with Gasteiger partial charge in [-0.25, -0.2) is 8.42 Å². The zero-order chi connectivity index (χ0) is 102. The number of Topliss-reactive ketones (excluding diaryl/α,β-unsaturated/α-hetero) is 1. The number of ketones is 1. The van der Waals surface area contributed by atoms with E-state index in [0.717, 1.165) is 134 Å². The number of halogens is 1. The molecule has 12 heterocycles. The van der Waals surface area contributed by atoms with Crippen molar-refractivity contribution >= 4 is 180 Å². The van der Waals surface area contributed by atoms with E-state index >= 15 is 0 Å². The number of imide groups is 5. The van der Waals surface area contributed by atoms with Gasteiger partial charge in [0.25, 0.3) is 0 Å². The molecule has 3 unspecified atom stereocenters. The van der Waals surface area contributed by atoms with Crippen LogP contribution in [0.15, 0.2) is 72.8 Å². The number of aromatic nitrogens is 3. The van der Waals surface area contributed by atoms with Crippen LogP contribution in [0.3, 0.4) is 0 Å². The standard InChI is InChI=1S/2C29H38N4O3S.C19H26N3S.C10H13NO3.C9H11NO3.C9H9NO3.CH4O3S.CH3.BrH.Cr.Mg.3O/c2*1-29(36)15-20-14-22(29)25-24(20)27(34)33(28(25)35)17-19-7-3-2-6-18(19)16-31-10-12-32(13-11-31)26-21-8-4-5-9-23(21)37-30-26;1-2-6-16-14-22(13-15(16)5-1)11-9-21(10-12-22)19-17-7-3-4-8-18(17)23-20-19;1-10(14)3-4-2-5(10)7-6(4)8(12)11-9(7)13;2*11-5-2-3-1-4(5)7-6(3)8(12)10-9(7)13;1-5(2,3)4;;;;;;;/h2*4-5,8-9,18-20,22,24-25,36H,2-3,6-7,10-17H2,1H3;3-4,7-8,15-16H,1-2,5-6,9-14H2;4-7,14H,2-3H2,1H3,(H,11,12,13);3-7,11H,1-2H2,(H,10,12,13);3-4,6-7H,1-2H2,(H,10,12,13);1H3,(H,2,3,4);1H3;1H;;;;;/q;;+1;;;;;-1;;;+2;;;/p-2/t18-,19?,20+,22+,24+,25-,29+;18-,19?,20-,22-,24-,25+,29-;15-,16?;4-,5-,6-,7+,10-;3-,4+,5+,6-,7+;3-,4+,6-,7+;;;;;;;;/m000111......../s1. The average molecular weight is 2240 g/mol. The summed E-state index contributed by atoms with van der Waals surface area (Å²) in [4.78, 5) is 149. The van der Waals surface area contributed by atoms with Gasteiger partial charge in [-0.3, -0.25) is 88.3 Å². The number of aliphatic hydroxyl groups excluding tert-OH is 1. The van der Waals surface area contributed by atoms with Gasteiger partial charge >= 0.3 is 48.4 Å². The number of nitrogens with one attached hydrogen (secondary N) is 3. The van der Waals surface area contributed by atoms with E-state index in [9.17, 15) is 73.2 Å². The van der Waals surface area contributed by atoms with Crippen molar-refractivity contribution in [3.8, 4) is 0 Å². The fraction of sp³-hybridized carbons (Fsp3) is 0.692. The number of nitrogens with zero attached hydrogens (tertiary/aromatic N) is 11. The van der Waals surface area contributed by atoms with Crippen LogP contribution >= 0.6 is 34.6 Å². The van der Waals surface area contributed by atoms with E-state index in [4.69, 9.17) is 37.5 Å². The molecule has 13 aliphatic carbocycles. The molecule has 7 N–H and O–H groups in total. The van der Waals surface area contributed by atoms with Gasteiger partial charge in [-0.1, -0.05) is 74.9 Å². The summed E-state index contributed by atoms with van der Waals surface area (Å²) in [6, 6.07) is 25.7. The molecule has 3 aromatic heterocycles. The van der Waals surface area contributed by atoms with Crippen LogP contribution < -0.4 is 47.6 Å². The van der Waals surface area contributed by atoms with E-state index in [2.05, 4.69) is 113 Å². The van der Waals surface area contributed by atoms with Crippen LogP contribution in [0.5, 0.6) is 0 Å². The summed E-state index contributed by atoms with van der Waals surface area (Å²) >= 11 is 1.03. The Morgan fingerprint density at radius 1 is 0.416 bits per heavy atom. The molecular weight excluding hydrogens is 2100 g/mol. The van der Waals surface area contributed by atoms with Gasteiger partial charge in [0, 0.05) is 143 Å². The quantitative estimate of drug-likeness (QED) is 0.0285. The van der Waals surface area contributed by atoms with E-state index in [1.807, 2.05) is 13.8 Å². The van der Waals surface area contributed by atoms with Gasteiger partial charge in [0.1, 0.15) is 17.4 Å². The van der Waals surface area contributed by atoms with Crippen molar-refractivity contribution in [1.29, 1.82) is 0 Å². The second-order valence-electron chi connectivity index (χ2n) is 47.7.